The average Bonchev–Trinajstić information content (AvgIpc) is 2.46. The van der Waals surface area contributed by atoms with Crippen LogP contribution in [-0.4, -0.2) is 48.3 Å². The van der Waals surface area contributed by atoms with E-state index >= 15 is 0 Å². The Morgan fingerprint density at radius 3 is 2.42 bits per heavy atom. The van der Waals surface area contributed by atoms with Crippen molar-refractivity contribution in [2.45, 2.75) is 82.4 Å². The van der Waals surface area contributed by atoms with Crippen molar-refractivity contribution >= 4 is 0 Å². The van der Waals surface area contributed by atoms with Gasteiger partial charge in [0.15, 0.2) is 0 Å². The van der Waals surface area contributed by atoms with Gasteiger partial charge in [0, 0.05) is 12.1 Å². The average molecular weight is 268 g/mol. The molecule has 2 aliphatic rings. The summed E-state index contributed by atoms with van der Waals surface area (Å²) in [5, 5.41) is 13.5. The van der Waals surface area contributed by atoms with Gasteiger partial charge in [-0.05, 0) is 52.2 Å². The summed E-state index contributed by atoms with van der Waals surface area (Å²) in [6.07, 6.45) is 12.8. The van der Waals surface area contributed by atoms with Crippen LogP contribution < -0.4 is 5.32 Å². The SMILES string of the molecule is CN(CCCNC1CCCCC1O)C1CCCCC1. The predicted octanol–water partition coefficient (Wildman–Crippen LogP) is 2.53. The Balaban J connectivity index is 1.55. The predicted molar refractivity (Wildman–Crippen MR) is 80.4 cm³/mol. The Morgan fingerprint density at radius 1 is 1.00 bits per heavy atom. The monoisotopic (exact) mass is 268 g/mol. The van der Waals surface area contributed by atoms with Crippen molar-refractivity contribution in [2.24, 2.45) is 0 Å². The molecule has 2 N–H and O–H groups in total. The standard InChI is InChI=1S/C16H32N2O/c1-18(14-8-3-2-4-9-14)13-7-12-17-15-10-5-6-11-16(15)19/h14-17,19H,2-13H2,1H3. The molecule has 0 aromatic heterocycles. The molecule has 0 aromatic rings. The lowest BCUT2D eigenvalue weighted by atomic mass is 9.92. The number of hydrogen-bond donors (Lipinski definition) is 2. The maximum atomic E-state index is 9.91. The van der Waals surface area contributed by atoms with Crippen LogP contribution in [0.2, 0.25) is 0 Å². The summed E-state index contributed by atoms with van der Waals surface area (Å²) >= 11 is 0. The van der Waals surface area contributed by atoms with E-state index in [9.17, 15) is 5.11 Å². The molecule has 3 heteroatoms. The molecule has 0 spiro atoms. The van der Waals surface area contributed by atoms with E-state index in [0.29, 0.717) is 6.04 Å². The number of aliphatic hydroxyl groups excluding tert-OH is 1. The minimum atomic E-state index is -0.107. The Bertz CT molecular complexity index is 241. The van der Waals surface area contributed by atoms with E-state index in [-0.39, 0.29) is 6.10 Å². The van der Waals surface area contributed by atoms with E-state index in [0.717, 1.165) is 25.4 Å². The van der Waals surface area contributed by atoms with Crippen molar-refractivity contribution in [2.75, 3.05) is 20.1 Å². The summed E-state index contributed by atoms with van der Waals surface area (Å²) in [6.45, 7) is 2.25. The summed E-state index contributed by atoms with van der Waals surface area (Å²) in [5.74, 6) is 0. The van der Waals surface area contributed by atoms with Crippen molar-refractivity contribution in [1.29, 1.82) is 0 Å². The minimum Gasteiger partial charge on any atom is -0.392 e. The first-order chi connectivity index (χ1) is 9.27. The Morgan fingerprint density at radius 2 is 1.68 bits per heavy atom. The number of aliphatic hydroxyl groups is 1. The smallest absolute Gasteiger partial charge is 0.0693 e. The van der Waals surface area contributed by atoms with Crippen molar-refractivity contribution in [1.82, 2.24) is 10.2 Å². The fourth-order valence-corrected chi connectivity index (χ4v) is 3.67. The van der Waals surface area contributed by atoms with Gasteiger partial charge >= 0.3 is 0 Å². The molecule has 112 valence electrons. The lowest BCUT2D eigenvalue weighted by Gasteiger charge is -2.32. The van der Waals surface area contributed by atoms with Gasteiger partial charge in [0.1, 0.15) is 0 Å². The Kier molecular flexibility index (Phi) is 6.62. The van der Waals surface area contributed by atoms with Crippen molar-refractivity contribution in [3.63, 3.8) is 0 Å². The molecule has 0 bridgehead atoms. The van der Waals surface area contributed by atoms with Gasteiger partial charge in [-0.15, -0.1) is 0 Å². The van der Waals surface area contributed by atoms with Crippen LogP contribution in [0.4, 0.5) is 0 Å². The molecule has 0 radical (unpaired) electrons. The quantitative estimate of drug-likeness (QED) is 0.727. The highest BCUT2D eigenvalue weighted by atomic mass is 16.3. The van der Waals surface area contributed by atoms with E-state index in [2.05, 4.69) is 17.3 Å². The van der Waals surface area contributed by atoms with Gasteiger partial charge in [-0.1, -0.05) is 32.1 Å². The first-order valence-corrected chi connectivity index (χ1v) is 8.39. The normalized spacial score (nSPS) is 29.8. The van der Waals surface area contributed by atoms with Gasteiger partial charge in [-0.2, -0.15) is 0 Å². The first-order valence-electron chi connectivity index (χ1n) is 8.39. The molecule has 0 aromatic carbocycles. The van der Waals surface area contributed by atoms with E-state index in [1.54, 1.807) is 0 Å². The molecule has 2 fully saturated rings. The van der Waals surface area contributed by atoms with Gasteiger partial charge < -0.3 is 15.3 Å². The summed E-state index contributed by atoms with van der Waals surface area (Å²) in [6, 6.07) is 1.18. The molecule has 3 nitrogen and oxygen atoms in total. The fraction of sp³-hybridized carbons (Fsp3) is 1.00. The Labute approximate surface area is 118 Å². The highest BCUT2D eigenvalue weighted by molar-refractivity contribution is 4.80. The number of nitrogens with one attached hydrogen (secondary N) is 1. The van der Waals surface area contributed by atoms with E-state index in [1.165, 1.54) is 57.9 Å². The largest absolute Gasteiger partial charge is 0.392 e. The van der Waals surface area contributed by atoms with Crippen LogP contribution in [0.1, 0.15) is 64.2 Å². The van der Waals surface area contributed by atoms with Gasteiger partial charge in [0.2, 0.25) is 0 Å². The van der Waals surface area contributed by atoms with Gasteiger partial charge in [-0.3, -0.25) is 0 Å². The maximum Gasteiger partial charge on any atom is 0.0693 e. The third-order valence-electron chi connectivity index (χ3n) is 5.02. The fourth-order valence-electron chi connectivity index (χ4n) is 3.67. The van der Waals surface area contributed by atoms with Crippen LogP contribution >= 0.6 is 0 Å². The van der Waals surface area contributed by atoms with Crippen LogP contribution in [0.3, 0.4) is 0 Å². The second-order valence-corrected chi connectivity index (χ2v) is 6.54. The minimum absolute atomic E-state index is 0.107. The zero-order chi connectivity index (χ0) is 13.5. The third-order valence-corrected chi connectivity index (χ3v) is 5.02. The molecule has 0 aliphatic heterocycles. The molecule has 0 amide bonds. The molecule has 2 rings (SSSR count). The highest BCUT2D eigenvalue weighted by Crippen LogP contribution is 2.21. The second kappa shape index (κ2) is 8.23. The number of hydrogen-bond acceptors (Lipinski definition) is 3. The summed E-state index contributed by atoms with van der Waals surface area (Å²) in [4.78, 5) is 2.55. The van der Waals surface area contributed by atoms with Crippen molar-refractivity contribution < 1.29 is 5.11 Å². The van der Waals surface area contributed by atoms with Crippen LogP contribution in [0.15, 0.2) is 0 Å². The second-order valence-electron chi connectivity index (χ2n) is 6.54. The van der Waals surface area contributed by atoms with Crippen molar-refractivity contribution in [3.05, 3.63) is 0 Å². The van der Waals surface area contributed by atoms with E-state index < -0.39 is 0 Å². The number of nitrogens with zero attached hydrogens (tertiary/aromatic N) is 1. The lowest BCUT2D eigenvalue weighted by molar-refractivity contribution is 0.0901. The lowest BCUT2D eigenvalue weighted by Crippen LogP contribution is -2.43. The molecule has 2 unspecified atom stereocenters. The topological polar surface area (TPSA) is 35.5 Å². The molecular weight excluding hydrogens is 236 g/mol. The summed E-state index contributed by atoms with van der Waals surface area (Å²) < 4.78 is 0. The Hall–Kier alpha value is -0.120. The van der Waals surface area contributed by atoms with Gasteiger partial charge in [0.05, 0.1) is 6.10 Å². The summed E-state index contributed by atoms with van der Waals surface area (Å²) in [5.41, 5.74) is 0. The van der Waals surface area contributed by atoms with Crippen LogP contribution in [0.5, 0.6) is 0 Å². The summed E-state index contributed by atoms with van der Waals surface area (Å²) in [7, 11) is 2.28. The molecule has 2 atom stereocenters. The third kappa shape index (κ3) is 5.05. The van der Waals surface area contributed by atoms with Crippen molar-refractivity contribution in [3.8, 4) is 0 Å². The zero-order valence-electron chi connectivity index (χ0n) is 12.6. The molecule has 19 heavy (non-hydrogen) atoms. The maximum absolute atomic E-state index is 9.91. The molecule has 2 aliphatic carbocycles. The van der Waals surface area contributed by atoms with Gasteiger partial charge in [-0.25, -0.2) is 0 Å². The first kappa shape index (κ1) is 15.3. The number of rotatable bonds is 6. The van der Waals surface area contributed by atoms with E-state index in [1.807, 2.05) is 0 Å². The van der Waals surface area contributed by atoms with Gasteiger partial charge in [0.25, 0.3) is 0 Å². The van der Waals surface area contributed by atoms with E-state index in [4.69, 9.17) is 0 Å². The molecular formula is C16H32N2O. The molecule has 0 saturated heterocycles. The van der Waals surface area contributed by atoms with Crippen LogP contribution in [0, 0.1) is 0 Å². The molecule has 0 heterocycles. The van der Waals surface area contributed by atoms with Crippen LogP contribution in [-0.2, 0) is 0 Å². The molecule has 2 saturated carbocycles. The highest BCUT2D eigenvalue weighted by Gasteiger charge is 2.22. The zero-order valence-corrected chi connectivity index (χ0v) is 12.6. The van der Waals surface area contributed by atoms with Crippen LogP contribution in [0.25, 0.3) is 0 Å².